The Bertz CT molecular complexity index is 1150. The van der Waals surface area contributed by atoms with Crippen LogP contribution in [-0.4, -0.2) is 64.7 Å². The number of methoxy groups -OCH3 is 1. The molecule has 2 heterocycles. The molecule has 2 amide bonds. The number of carbonyl (C=O) groups excluding carboxylic acids is 2. The van der Waals surface area contributed by atoms with E-state index in [-0.39, 0.29) is 42.3 Å². The van der Waals surface area contributed by atoms with Crippen molar-refractivity contribution in [3.05, 3.63) is 47.2 Å². The Labute approximate surface area is 210 Å². The molecule has 8 nitrogen and oxygen atoms in total. The van der Waals surface area contributed by atoms with Crippen molar-refractivity contribution in [2.24, 2.45) is 0 Å². The van der Waals surface area contributed by atoms with Crippen LogP contribution in [0.4, 0.5) is 14.5 Å². The third-order valence-corrected chi connectivity index (χ3v) is 9.22. The summed E-state index contributed by atoms with van der Waals surface area (Å²) in [6.45, 7) is 2.04. The molecular weight excluding hydrogens is 492 g/mol. The van der Waals surface area contributed by atoms with Crippen molar-refractivity contribution in [3.8, 4) is 5.88 Å². The van der Waals surface area contributed by atoms with Gasteiger partial charge >= 0.3 is 5.97 Å². The Morgan fingerprint density at radius 3 is 2.44 bits per heavy atom. The fourth-order valence-electron chi connectivity index (χ4n) is 4.18. The topological polar surface area (TPSA) is 109 Å². The molecule has 0 fully saturated rings. The smallest absolute Gasteiger partial charge is 0.303 e. The molecule has 0 saturated carbocycles. The van der Waals surface area contributed by atoms with Crippen molar-refractivity contribution in [3.63, 3.8) is 0 Å². The molecule has 11 heteroatoms. The third-order valence-electron chi connectivity index (χ3n) is 6.28. The number of hydrogen-bond donors (Lipinski definition) is 2. The number of aliphatic carboxylic acids is 1. The van der Waals surface area contributed by atoms with Gasteiger partial charge in [-0.05, 0) is 42.9 Å². The quantitative estimate of drug-likeness (QED) is 0.512. The number of rotatable bonds is 9. The molecule has 0 radical (unpaired) electrons. The molecule has 3 rings (SSSR count). The third kappa shape index (κ3) is 5.95. The summed E-state index contributed by atoms with van der Waals surface area (Å²) in [5.74, 6) is -2.57. The number of aromatic nitrogens is 1. The number of nitrogens with one attached hydrogen (secondary N) is 1. The highest BCUT2D eigenvalue weighted by atomic mass is 32.3. The van der Waals surface area contributed by atoms with Crippen LogP contribution >= 0.6 is 10.0 Å². The fourth-order valence-corrected chi connectivity index (χ4v) is 5.64. The van der Waals surface area contributed by atoms with Gasteiger partial charge in [0.1, 0.15) is 17.7 Å². The first-order valence-corrected chi connectivity index (χ1v) is 14.2. The maximum absolute atomic E-state index is 14.9. The Hall–Kier alpha value is -3.21. The number of fused-ring (bicyclic) bond motifs is 1. The van der Waals surface area contributed by atoms with E-state index in [0.717, 1.165) is 12.1 Å². The lowest BCUT2D eigenvalue weighted by atomic mass is 9.95. The number of anilines is 1. The molecule has 2 N–H and O–H groups in total. The summed E-state index contributed by atoms with van der Waals surface area (Å²) in [5.41, 5.74) is 0.988. The highest BCUT2D eigenvalue weighted by molar-refractivity contribution is 8.32. The van der Waals surface area contributed by atoms with E-state index in [4.69, 9.17) is 9.84 Å². The minimum atomic E-state index is -1.68. The summed E-state index contributed by atoms with van der Waals surface area (Å²) in [5, 5.41) is 11.4. The molecule has 0 aliphatic carbocycles. The summed E-state index contributed by atoms with van der Waals surface area (Å²) >= 11 is 0. The molecule has 0 saturated heterocycles. The second-order valence-corrected chi connectivity index (χ2v) is 13.0. The summed E-state index contributed by atoms with van der Waals surface area (Å²) in [6.07, 6.45) is 3.91. The van der Waals surface area contributed by atoms with Crippen molar-refractivity contribution in [1.29, 1.82) is 0 Å². The SMILES string of the molecule is CCS(C)(C)c1c(F)cc(NC(=O)[C@H]2c3ccc(OC)nc3CCN2C(=O)CCCC(=O)O)cc1F. The van der Waals surface area contributed by atoms with Gasteiger partial charge in [0, 0.05) is 43.1 Å². The van der Waals surface area contributed by atoms with Gasteiger partial charge in [-0.25, -0.2) is 23.8 Å². The molecule has 0 spiro atoms. The zero-order chi connectivity index (χ0) is 26.6. The van der Waals surface area contributed by atoms with Crippen LogP contribution in [0.5, 0.6) is 5.88 Å². The monoisotopic (exact) mass is 523 g/mol. The van der Waals surface area contributed by atoms with Gasteiger partial charge in [-0.1, -0.05) is 6.92 Å². The van der Waals surface area contributed by atoms with Gasteiger partial charge in [-0.3, -0.25) is 14.4 Å². The lowest BCUT2D eigenvalue weighted by Gasteiger charge is -2.36. The van der Waals surface area contributed by atoms with Gasteiger partial charge in [-0.2, -0.15) is 0 Å². The second kappa shape index (κ2) is 11.2. The van der Waals surface area contributed by atoms with E-state index >= 15 is 0 Å². The largest absolute Gasteiger partial charge is 0.481 e. The number of pyridine rings is 1. The van der Waals surface area contributed by atoms with Crippen molar-refractivity contribution < 1.29 is 33.0 Å². The Morgan fingerprint density at radius 2 is 1.86 bits per heavy atom. The number of benzene rings is 1. The number of carboxylic acid groups (broad SMARTS) is 1. The number of carboxylic acids is 1. The average Bonchev–Trinajstić information content (AvgIpc) is 2.81. The second-order valence-electron chi connectivity index (χ2n) is 8.96. The van der Waals surface area contributed by atoms with Crippen molar-refractivity contribution in [2.45, 2.75) is 43.5 Å². The first-order valence-electron chi connectivity index (χ1n) is 11.5. The summed E-state index contributed by atoms with van der Waals surface area (Å²) in [6, 6.07) is 4.29. The molecule has 0 unspecified atom stereocenters. The van der Waals surface area contributed by atoms with Crippen molar-refractivity contribution in [1.82, 2.24) is 9.88 Å². The molecule has 1 aliphatic heterocycles. The minimum absolute atomic E-state index is 0.0255. The molecule has 36 heavy (non-hydrogen) atoms. The van der Waals surface area contributed by atoms with E-state index < -0.39 is 39.6 Å². The molecule has 2 aromatic rings. The number of nitrogens with zero attached hydrogens (tertiary/aromatic N) is 2. The zero-order valence-corrected chi connectivity index (χ0v) is 21.6. The Morgan fingerprint density at radius 1 is 1.19 bits per heavy atom. The molecule has 1 aromatic carbocycles. The van der Waals surface area contributed by atoms with Gasteiger partial charge in [-0.15, -0.1) is 0 Å². The van der Waals surface area contributed by atoms with E-state index in [1.807, 2.05) is 19.4 Å². The molecule has 1 aromatic heterocycles. The Kier molecular flexibility index (Phi) is 8.55. The maximum atomic E-state index is 14.9. The molecular formula is C25H31F2N3O5S. The molecule has 196 valence electrons. The number of halogens is 2. The molecule has 1 aliphatic rings. The minimum Gasteiger partial charge on any atom is -0.481 e. The predicted molar refractivity (Wildman–Crippen MR) is 134 cm³/mol. The lowest BCUT2D eigenvalue weighted by Crippen LogP contribution is -2.45. The van der Waals surface area contributed by atoms with Crippen molar-refractivity contribution in [2.75, 3.05) is 37.2 Å². The fraction of sp³-hybridized carbons (Fsp3) is 0.440. The first-order chi connectivity index (χ1) is 17.0. The van der Waals surface area contributed by atoms with Crippen LogP contribution in [0.15, 0.2) is 29.2 Å². The molecule has 1 atom stereocenters. The summed E-state index contributed by atoms with van der Waals surface area (Å²) in [7, 11) is -0.218. The first kappa shape index (κ1) is 27.4. The zero-order valence-electron chi connectivity index (χ0n) is 20.8. The normalized spacial score (nSPS) is 15.7. The highest BCUT2D eigenvalue weighted by Gasteiger charge is 2.37. The van der Waals surface area contributed by atoms with E-state index in [1.54, 1.807) is 12.1 Å². The van der Waals surface area contributed by atoms with Crippen molar-refractivity contribution >= 4 is 33.5 Å². The average molecular weight is 524 g/mol. The van der Waals surface area contributed by atoms with Crippen LogP contribution in [0.25, 0.3) is 0 Å². The van der Waals surface area contributed by atoms with Crippen LogP contribution in [0.3, 0.4) is 0 Å². The van der Waals surface area contributed by atoms with Crippen LogP contribution in [0, 0.1) is 11.6 Å². The number of hydrogen-bond acceptors (Lipinski definition) is 5. The number of carbonyl (C=O) groups is 3. The van der Waals surface area contributed by atoms with Crippen LogP contribution in [0.2, 0.25) is 0 Å². The summed E-state index contributed by atoms with van der Waals surface area (Å²) < 4.78 is 35.0. The van der Waals surface area contributed by atoms with E-state index in [0.29, 0.717) is 29.3 Å². The number of amides is 2. The van der Waals surface area contributed by atoms with Gasteiger partial charge < -0.3 is 20.1 Å². The number of ether oxygens (including phenoxy) is 1. The van der Waals surface area contributed by atoms with E-state index in [2.05, 4.69) is 10.3 Å². The standard InChI is InChI=1S/C25H31F2N3O5S/c1-5-36(3,4)24-17(26)13-15(14-18(24)27)28-25(34)23-16-9-10-20(35-2)29-19(16)11-12-30(23)21(31)7-6-8-22(32)33/h9-10,13-14,23H,5-8,11-12H2,1-4H3,(H,28,34)(H,32,33)/t23-/m1/s1. The lowest BCUT2D eigenvalue weighted by molar-refractivity contribution is -0.140. The predicted octanol–water partition coefficient (Wildman–Crippen LogP) is 4.13. The van der Waals surface area contributed by atoms with Crippen LogP contribution in [-0.2, 0) is 20.8 Å². The van der Waals surface area contributed by atoms with Gasteiger partial charge in [0.15, 0.2) is 0 Å². The highest BCUT2D eigenvalue weighted by Crippen LogP contribution is 2.51. The molecule has 0 bridgehead atoms. The van der Waals surface area contributed by atoms with E-state index in [1.165, 1.54) is 12.0 Å². The Balaban J connectivity index is 1.93. The van der Waals surface area contributed by atoms with E-state index in [9.17, 15) is 23.2 Å². The van der Waals surface area contributed by atoms with Gasteiger partial charge in [0.05, 0.1) is 17.7 Å². The maximum Gasteiger partial charge on any atom is 0.303 e. The van der Waals surface area contributed by atoms with Gasteiger partial charge in [0.2, 0.25) is 11.8 Å². The summed E-state index contributed by atoms with van der Waals surface area (Å²) in [4.78, 5) is 43.0. The van der Waals surface area contributed by atoms with Crippen LogP contribution < -0.4 is 10.1 Å². The van der Waals surface area contributed by atoms with Gasteiger partial charge in [0.25, 0.3) is 5.91 Å². The van der Waals surface area contributed by atoms with Crippen LogP contribution in [0.1, 0.15) is 43.5 Å².